The highest BCUT2D eigenvalue weighted by atomic mass is 35.5. The first-order valence-electron chi connectivity index (χ1n) is 7.19. The number of halogens is 1. The van der Waals surface area contributed by atoms with Gasteiger partial charge in [0, 0.05) is 18.0 Å². The zero-order valence-corrected chi connectivity index (χ0v) is 12.7. The minimum absolute atomic E-state index is 0.291. The molecule has 4 nitrogen and oxygen atoms in total. The van der Waals surface area contributed by atoms with Gasteiger partial charge >= 0.3 is 0 Å². The molecule has 1 fully saturated rings. The third-order valence-electron chi connectivity index (χ3n) is 3.69. The third-order valence-corrected chi connectivity index (χ3v) is 4.06. The van der Waals surface area contributed by atoms with Crippen molar-refractivity contribution in [3.05, 3.63) is 46.4 Å². The first kappa shape index (κ1) is 14.1. The largest absolute Gasteiger partial charge is 0.508 e. The smallest absolute Gasteiger partial charge is 0.137 e. The van der Waals surface area contributed by atoms with Gasteiger partial charge in [0.25, 0.3) is 0 Å². The molecule has 1 aliphatic carbocycles. The van der Waals surface area contributed by atoms with Crippen LogP contribution in [0.15, 0.2) is 24.3 Å². The van der Waals surface area contributed by atoms with Gasteiger partial charge in [0.15, 0.2) is 0 Å². The number of nitrogens with one attached hydrogen (secondary N) is 1. The molecule has 1 heterocycles. The molecule has 110 valence electrons. The van der Waals surface area contributed by atoms with E-state index in [1.807, 2.05) is 19.1 Å². The van der Waals surface area contributed by atoms with Crippen molar-refractivity contribution in [3.8, 4) is 5.75 Å². The summed E-state index contributed by atoms with van der Waals surface area (Å²) in [6.45, 7) is 2.70. The highest BCUT2D eigenvalue weighted by Gasteiger charge is 2.27. The van der Waals surface area contributed by atoms with Crippen LogP contribution in [0.3, 0.4) is 0 Å². The standard InChI is InChI=1S/C16H18ClN3O/c1-10-14(17)19-16(12-4-5-12)20-15(10)18-9-8-11-2-6-13(21)7-3-11/h2-3,6-7,12,21H,4-5,8-9H2,1H3,(H,18,19,20). The molecule has 0 aliphatic heterocycles. The summed E-state index contributed by atoms with van der Waals surface area (Å²) in [6, 6.07) is 7.25. The molecule has 0 bridgehead atoms. The Labute approximate surface area is 129 Å². The molecule has 5 heteroatoms. The number of rotatable bonds is 5. The highest BCUT2D eigenvalue weighted by molar-refractivity contribution is 6.30. The molecule has 3 rings (SSSR count). The Balaban J connectivity index is 1.65. The number of aromatic hydroxyl groups is 1. The van der Waals surface area contributed by atoms with Crippen molar-refractivity contribution >= 4 is 17.4 Å². The number of benzene rings is 1. The third kappa shape index (κ3) is 3.45. The fourth-order valence-corrected chi connectivity index (χ4v) is 2.37. The summed E-state index contributed by atoms with van der Waals surface area (Å²) >= 11 is 6.19. The molecular weight excluding hydrogens is 286 g/mol. The molecule has 1 saturated carbocycles. The molecule has 0 unspecified atom stereocenters. The van der Waals surface area contributed by atoms with E-state index in [0.717, 1.165) is 43.0 Å². The molecule has 2 N–H and O–H groups in total. The Morgan fingerprint density at radius 1 is 1.24 bits per heavy atom. The van der Waals surface area contributed by atoms with E-state index in [-0.39, 0.29) is 0 Å². The Kier molecular flexibility index (Phi) is 3.97. The van der Waals surface area contributed by atoms with Gasteiger partial charge in [-0.05, 0) is 43.9 Å². The van der Waals surface area contributed by atoms with Gasteiger partial charge in [-0.3, -0.25) is 0 Å². The molecule has 0 atom stereocenters. The Hall–Kier alpha value is -1.81. The lowest BCUT2D eigenvalue weighted by molar-refractivity contribution is 0.475. The summed E-state index contributed by atoms with van der Waals surface area (Å²) in [4.78, 5) is 8.95. The first-order chi connectivity index (χ1) is 10.1. The fourth-order valence-electron chi connectivity index (χ4n) is 2.19. The van der Waals surface area contributed by atoms with Crippen molar-refractivity contribution in [1.29, 1.82) is 0 Å². The van der Waals surface area contributed by atoms with Gasteiger partial charge in [-0.2, -0.15) is 0 Å². The minimum atomic E-state index is 0.291. The van der Waals surface area contributed by atoms with Crippen LogP contribution in [0.1, 0.15) is 35.7 Å². The van der Waals surface area contributed by atoms with Crippen molar-refractivity contribution < 1.29 is 5.11 Å². The number of phenols is 1. The number of aromatic nitrogens is 2. The van der Waals surface area contributed by atoms with Gasteiger partial charge in [-0.1, -0.05) is 23.7 Å². The molecule has 0 spiro atoms. The average molecular weight is 304 g/mol. The number of anilines is 1. The minimum Gasteiger partial charge on any atom is -0.508 e. The van der Waals surface area contributed by atoms with Gasteiger partial charge in [0.1, 0.15) is 22.5 Å². The number of nitrogens with zero attached hydrogens (tertiary/aromatic N) is 2. The molecule has 21 heavy (non-hydrogen) atoms. The maximum Gasteiger partial charge on any atom is 0.137 e. The topological polar surface area (TPSA) is 58.0 Å². The number of hydrogen-bond acceptors (Lipinski definition) is 4. The maximum atomic E-state index is 9.27. The van der Waals surface area contributed by atoms with Gasteiger partial charge in [0.05, 0.1) is 0 Å². The van der Waals surface area contributed by atoms with Crippen molar-refractivity contribution in [3.63, 3.8) is 0 Å². The lowest BCUT2D eigenvalue weighted by Crippen LogP contribution is -2.10. The second kappa shape index (κ2) is 5.90. The van der Waals surface area contributed by atoms with Crippen LogP contribution in [0, 0.1) is 6.92 Å². The maximum absolute atomic E-state index is 9.27. The monoisotopic (exact) mass is 303 g/mol. The second-order valence-electron chi connectivity index (χ2n) is 5.46. The van der Waals surface area contributed by atoms with E-state index in [9.17, 15) is 5.11 Å². The van der Waals surface area contributed by atoms with Crippen LogP contribution in [0.2, 0.25) is 5.15 Å². The summed E-state index contributed by atoms with van der Waals surface area (Å²) in [5, 5.41) is 13.2. The second-order valence-corrected chi connectivity index (χ2v) is 5.82. The van der Waals surface area contributed by atoms with Crippen molar-refractivity contribution in [2.45, 2.75) is 32.1 Å². The van der Waals surface area contributed by atoms with E-state index >= 15 is 0 Å². The first-order valence-corrected chi connectivity index (χ1v) is 7.57. The molecule has 0 amide bonds. The van der Waals surface area contributed by atoms with Crippen LogP contribution in [0.5, 0.6) is 5.75 Å². The number of phenolic OH excluding ortho intramolecular Hbond substituents is 1. The SMILES string of the molecule is Cc1c(Cl)nc(C2CC2)nc1NCCc1ccc(O)cc1. The van der Waals surface area contributed by atoms with Crippen LogP contribution in [0.25, 0.3) is 0 Å². The van der Waals surface area contributed by atoms with Crippen LogP contribution >= 0.6 is 11.6 Å². The Bertz CT molecular complexity index is 639. The fraction of sp³-hybridized carbons (Fsp3) is 0.375. The molecule has 1 aromatic carbocycles. The lowest BCUT2D eigenvalue weighted by Gasteiger charge is -2.11. The van der Waals surface area contributed by atoms with Crippen molar-refractivity contribution in [2.24, 2.45) is 0 Å². The van der Waals surface area contributed by atoms with Gasteiger partial charge < -0.3 is 10.4 Å². The van der Waals surface area contributed by atoms with Gasteiger partial charge in [-0.15, -0.1) is 0 Å². The van der Waals surface area contributed by atoms with E-state index in [1.165, 1.54) is 5.56 Å². The average Bonchev–Trinajstić information content (AvgIpc) is 3.30. The predicted octanol–water partition coefficient (Wildman–Crippen LogP) is 3.68. The van der Waals surface area contributed by atoms with Gasteiger partial charge in [0.2, 0.25) is 0 Å². The van der Waals surface area contributed by atoms with Crippen molar-refractivity contribution in [2.75, 3.05) is 11.9 Å². The van der Waals surface area contributed by atoms with E-state index in [2.05, 4.69) is 15.3 Å². The van der Waals surface area contributed by atoms with Crippen LogP contribution in [-0.4, -0.2) is 21.6 Å². The molecular formula is C16H18ClN3O. The van der Waals surface area contributed by atoms with Crippen molar-refractivity contribution in [1.82, 2.24) is 9.97 Å². The van der Waals surface area contributed by atoms with E-state index in [4.69, 9.17) is 11.6 Å². The Morgan fingerprint density at radius 2 is 1.95 bits per heavy atom. The zero-order chi connectivity index (χ0) is 14.8. The van der Waals surface area contributed by atoms with Crippen LogP contribution in [0.4, 0.5) is 5.82 Å². The molecule has 1 aliphatic rings. The molecule has 1 aromatic heterocycles. The quantitative estimate of drug-likeness (QED) is 0.827. The van der Waals surface area contributed by atoms with E-state index < -0.39 is 0 Å². The highest BCUT2D eigenvalue weighted by Crippen LogP contribution is 2.39. The predicted molar refractivity (Wildman–Crippen MR) is 84.1 cm³/mol. The summed E-state index contributed by atoms with van der Waals surface area (Å²) < 4.78 is 0. The van der Waals surface area contributed by atoms with Gasteiger partial charge in [-0.25, -0.2) is 9.97 Å². The molecule has 0 saturated heterocycles. The molecule has 2 aromatic rings. The molecule has 0 radical (unpaired) electrons. The summed E-state index contributed by atoms with van der Waals surface area (Å²) in [5.74, 6) is 2.47. The summed E-state index contributed by atoms with van der Waals surface area (Å²) in [7, 11) is 0. The Morgan fingerprint density at radius 3 is 2.62 bits per heavy atom. The summed E-state index contributed by atoms with van der Waals surface area (Å²) in [5.41, 5.74) is 2.06. The van der Waals surface area contributed by atoms with Crippen LogP contribution in [-0.2, 0) is 6.42 Å². The summed E-state index contributed by atoms with van der Waals surface area (Å²) in [6.07, 6.45) is 3.18. The zero-order valence-electron chi connectivity index (χ0n) is 11.9. The van der Waals surface area contributed by atoms with E-state index in [0.29, 0.717) is 16.8 Å². The van der Waals surface area contributed by atoms with E-state index in [1.54, 1.807) is 12.1 Å². The normalized spacial score (nSPS) is 14.2. The van der Waals surface area contributed by atoms with Crippen LogP contribution < -0.4 is 5.32 Å². The lowest BCUT2D eigenvalue weighted by atomic mass is 10.1. The number of hydrogen-bond donors (Lipinski definition) is 2.